The number of carbonyl (C=O) groups is 3. The Morgan fingerprint density at radius 2 is 1.70 bits per heavy atom. The molecule has 1 aliphatic rings. The summed E-state index contributed by atoms with van der Waals surface area (Å²) in [5, 5.41) is 22.8. The zero-order valence-corrected chi connectivity index (χ0v) is 26.7. The molecule has 47 heavy (non-hydrogen) atoms. The standard InChI is InChI=1S/C33H40N10O4/c1-33(2,3)47-32(46)37-17-20-7-9-23(10-8-20)29(44)39-27(16-21-5-4-6-24(15-21)25-18-35-31(34)36-19-25)30(45)38-26-13-11-22(12-14-26)28-40-42-43-41-28/h4-6,11-15,18-20,23,27H,7-10,16-17H2,1-3H3,(H,37,46)(H,38,45)(H,39,44)(H2,34,35,36)(H,40,41,42,43)/t20?,23?,27-/m0/s1. The highest BCUT2D eigenvalue weighted by Crippen LogP contribution is 2.29. The molecule has 0 radical (unpaired) electrons. The number of nitrogens with one attached hydrogen (secondary N) is 4. The molecule has 1 saturated carbocycles. The monoisotopic (exact) mass is 640 g/mol. The number of aromatic amines is 1. The summed E-state index contributed by atoms with van der Waals surface area (Å²) in [5.41, 5.74) is 8.89. The van der Waals surface area contributed by atoms with Gasteiger partial charge in [-0.1, -0.05) is 24.3 Å². The van der Waals surface area contributed by atoms with Crippen molar-refractivity contribution >= 4 is 29.5 Å². The third-order valence-electron chi connectivity index (χ3n) is 7.91. The van der Waals surface area contributed by atoms with Crippen LogP contribution in [0.2, 0.25) is 0 Å². The summed E-state index contributed by atoms with van der Waals surface area (Å²) >= 11 is 0. The van der Waals surface area contributed by atoms with Crippen LogP contribution >= 0.6 is 0 Å². The molecule has 4 aromatic rings. The number of anilines is 2. The zero-order valence-electron chi connectivity index (χ0n) is 26.7. The van der Waals surface area contributed by atoms with Crippen molar-refractivity contribution in [1.29, 1.82) is 0 Å². The summed E-state index contributed by atoms with van der Waals surface area (Å²) in [6, 6.07) is 13.9. The van der Waals surface area contributed by atoms with Crippen molar-refractivity contribution in [3.8, 4) is 22.5 Å². The number of tetrazole rings is 1. The molecule has 0 unspecified atom stereocenters. The molecule has 5 rings (SSSR count). The highest BCUT2D eigenvalue weighted by Gasteiger charge is 2.30. The second kappa shape index (κ2) is 14.8. The van der Waals surface area contributed by atoms with Crippen LogP contribution in [0, 0.1) is 11.8 Å². The molecular weight excluding hydrogens is 600 g/mol. The molecule has 3 amide bonds. The van der Waals surface area contributed by atoms with Crippen molar-refractivity contribution in [2.45, 2.75) is 64.5 Å². The maximum atomic E-state index is 13.7. The van der Waals surface area contributed by atoms with E-state index in [-0.39, 0.29) is 36.0 Å². The molecule has 2 aromatic heterocycles. The SMILES string of the molecule is CC(C)(C)OC(=O)NCC1CCC(C(=O)N[C@@H](Cc2cccc(-c3cnc(N)nc3)c2)C(=O)Nc2ccc(-c3nn[nH]n3)cc2)CC1. The molecule has 1 atom stereocenters. The first-order valence-electron chi connectivity index (χ1n) is 15.6. The van der Waals surface area contributed by atoms with Gasteiger partial charge in [0.25, 0.3) is 0 Å². The Morgan fingerprint density at radius 1 is 0.979 bits per heavy atom. The number of aromatic nitrogens is 6. The fraction of sp³-hybridized carbons (Fsp3) is 0.394. The number of rotatable bonds is 10. The van der Waals surface area contributed by atoms with Gasteiger partial charge >= 0.3 is 6.09 Å². The van der Waals surface area contributed by atoms with Gasteiger partial charge in [0.05, 0.1) is 0 Å². The molecule has 0 aliphatic heterocycles. The van der Waals surface area contributed by atoms with Crippen molar-refractivity contribution in [3.05, 3.63) is 66.5 Å². The lowest BCUT2D eigenvalue weighted by atomic mass is 9.81. The Labute approximate surface area is 272 Å². The van der Waals surface area contributed by atoms with Gasteiger partial charge in [0.1, 0.15) is 11.6 Å². The van der Waals surface area contributed by atoms with E-state index in [9.17, 15) is 14.4 Å². The Bertz CT molecular complexity index is 1650. The van der Waals surface area contributed by atoms with Gasteiger partial charge in [0, 0.05) is 48.1 Å². The zero-order chi connectivity index (χ0) is 33.4. The molecule has 0 saturated heterocycles. The minimum absolute atomic E-state index is 0.167. The van der Waals surface area contributed by atoms with Crippen LogP contribution in [0.1, 0.15) is 52.0 Å². The molecule has 0 spiro atoms. The number of nitrogen functional groups attached to an aromatic ring is 1. The summed E-state index contributed by atoms with van der Waals surface area (Å²) in [5.74, 6) is 0.121. The average molecular weight is 641 g/mol. The highest BCUT2D eigenvalue weighted by atomic mass is 16.6. The number of hydrogen-bond acceptors (Lipinski definition) is 10. The van der Waals surface area contributed by atoms with Crippen LogP contribution in [0.15, 0.2) is 60.9 Å². The van der Waals surface area contributed by atoms with Gasteiger partial charge in [-0.3, -0.25) is 9.59 Å². The van der Waals surface area contributed by atoms with Crippen LogP contribution < -0.4 is 21.7 Å². The van der Waals surface area contributed by atoms with E-state index in [1.54, 1.807) is 36.7 Å². The normalized spacial score (nSPS) is 16.9. The molecule has 2 heterocycles. The lowest BCUT2D eigenvalue weighted by Crippen LogP contribution is -2.48. The molecule has 6 N–H and O–H groups in total. The number of benzene rings is 2. The molecule has 1 aliphatic carbocycles. The van der Waals surface area contributed by atoms with Gasteiger partial charge < -0.3 is 26.4 Å². The van der Waals surface area contributed by atoms with Crippen LogP contribution in [0.3, 0.4) is 0 Å². The van der Waals surface area contributed by atoms with E-state index < -0.39 is 17.7 Å². The van der Waals surface area contributed by atoms with Crippen molar-refractivity contribution in [2.24, 2.45) is 11.8 Å². The quantitative estimate of drug-likeness (QED) is 0.169. The summed E-state index contributed by atoms with van der Waals surface area (Å²) < 4.78 is 5.33. The van der Waals surface area contributed by atoms with E-state index in [0.717, 1.165) is 35.1 Å². The molecule has 14 heteroatoms. The van der Waals surface area contributed by atoms with Crippen LogP contribution in [-0.4, -0.2) is 66.7 Å². The van der Waals surface area contributed by atoms with Crippen molar-refractivity contribution < 1.29 is 19.1 Å². The van der Waals surface area contributed by atoms with E-state index >= 15 is 0 Å². The van der Waals surface area contributed by atoms with E-state index in [4.69, 9.17) is 10.5 Å². The first-order valence-corrected chi connectivity index (χ1v) is 15.6. The van der Waals surface area contributed by atoms with Gasteiger partial charge in [0.2, 0.25) is 23.6 Å². The molecule has 1 fully saturated rings. The number of amides is 3. The first-order chi connectivity index (χ1) is 22.5. The van der Waals surface area contributed by atoms with Crippen LogP contribution in [0.4, 0.5) is 16.4 Å². The van der Waals surface area contributed by atoms with E-state index in [0.29, 0.717) is 30.9 Å². The third kappa shape index (κ3) is 9.55. The minimum Gasteiger partial charge on any atom is -0.444 e. The minimum atomic E-state index is -0.844. The van der Waals surface area contributed by atoms with E-state index in [1.165, 1.54) is 0 Å². The van der Waals surface area contributed by atoms with Gasteiger partial charge in [-0.15, -0.1) is 10.2 Å². The molecule has 2 aromatic carbocycles. The number of carbonyl (C=O) groups excluding carboxylic acids is 3. The highest BCUT2D eigenvalue weighted by molar-refractivity contribution is 5.97. The number of nitrogens with two attached hydrogens (primary N) is 1. The number of alkyl carbamates (subject to hydrolysis) is 1. The summed E-state index contributed by atoms with van der Waals surface area (Å²) in [7, 11) is 0. The van der Waals surface area contributed by atoms with Gasteiger partial charge in [-0.25, -0.2) is 14.8 Å². The summed E-state index contributed by atoms with van der Waals surface area (Å²) in [4.78, 5) is 47.5. The second-order valence-electron chi connectivity index (χ2n) is 12.7. The van der Waals surface area contributed by atoms with Crippen LogP contribution in [-0.2, 0) is 20.7 Å². The maximum absolute atomic E-state index is 13.7. The fourth-order valence-corrected chi connectivity index (χ4v) is 5.49. The number of ether oxygens (including phenoxy) is 1. The van der Waals surface area contributed by atoms with E-state index in [1.807, 2.05) is 45.0 Å². The Balaban J connectivity index is 1.25. The fourth-order valence-electron chi connectivity index (χ4n) is 5.49. The third-order valence-corrected chi connectivity index (χ3v) is 7.91. The largest absolute Gasteiger partial charge is 0.444 e. The molecule has 246 valence electrons. The smallest absolute Gasteiger partial charge is 0.407 e. The Morgan fingerprint density at radius 3 is 2.36 bits per heavy atom. The van der Waals surface area contributed by atoms with Crippen LogP contribution in [0.25, 0.3) is 22.5 Å². The lowest BCUT2D eigenvalue weighted by molar-refractivity contribution is -0.130. The Hall–Kier alpha value is -5.40. The predicted octanol–water partition coefficient (Wildman–Crippen LogP) is 3.90. The second-order valence-corrected chi connectivity index (χ2v) is 12.7. The van der Waals surface area contributed by atoms with Gasteiger partial charge in [0.15, 0.2) is 0 Å². The van der Waals surface area contributed by atoms with Crippen LogP contribution in [0.5, 0.6) is 0 Å². The van der Waals surface area contributed by atoms with Crippen molar-refractivity contribution in [2.75, 3.05) is 17.6 Å². The molecule has 14 nitrogen and oxygen atoms in total. The average Bonchev–Trinajstić information content (AvgIpc) is 3.59. The molecular formula is C33H40N10O4. The lowest BCUT2D eigenvalue weighted by Gasteiger charge is -2.29. The predicted molar refractivity (Wildman–Crippen MR) is 175 cm³/mol. The van der Waals surface area contributed by atoms with E-state index in [2.05, 4.69) is 46.5 Å². The topological polar surface area (TPSA) is 203 Å². The van der Waals surface area contributed by atoms with Gasteiger partial charge in [-0.2, -0.15) is 5.21 Å². The number of hydrogen-bond donors (Lipinski definition) is 5. The number of nitrogens with zero attached hydrogens (tertiary/aromatic N) is 5. The number of H-pyrrole nitrogens is 1. The van der Waals surface area contributed by atoms with Crippen molar-refractivity contribution in [1.82, 2.24) is 41.2 Å². The Kier molecular flexibility index (Phi) is 10.4. The van der Waals surface area contributed by atoms with Crippen molar-refractivity contribution in [3.63, 3.8) is 0 Å². The molecule has 0 bridgehead atoms. The maximum Gasteiger partial charge on any atom is 0.407 e. The van der Waals surface area contributed by atoms with Gasteiger partial charge in [-0.05, 0) is 93.0 Å². The first kappa shape index (κ1) is 33.0. The summed E-state index contributed by atoms with van der Waals surface area (Å²) in [6.45, 7) is 5.96. The summed E-state index contributed by atoms with van der Waals surface area (Å²) in [6.07, 6.45) is 5.99.